The number of hydrogen-bond acceptors (Lipinski definition) is 3. The van der Waals surface area contributed by atoms with Crippen molar-refractivity contribution in [1.29, 1.82) is 0 Å². The quantitative estimate of drug-likeness (QED) is 0.790. The summed E-state index contributed by atoms with van der Waals surface area (Å²) in [5.41, 5.74) is 2.17. The molecule has 0 fully saturated rings. The zero-order valence-electron chi connectivity index (χ0n) is 11.5. The van der Waals surface area contributed by atoms with Crippen LogP contribution in [0.5, 0.6) is 5.75 Å². The molecule has 1 N–H and O–H groups in total. The first-order valence-electron chi connectivity index (χ1n) is 6.56. The van der Waals surface area contributed by atoms with E-state index in [2.05, 4.69) is 24.4 Å². The standard InChI is InChI=1S/C15H17Cl2NOS/c1-3-18-14(12-9-13(16)20-15(12)17)10-5-7-11(8-6-10)19-4-2/h5-9,14,18H,3-4H2,1-2H3. The van der Waals surface area contributed by atoms with Gasteiger partial charge in [0.2, 0.25) is 0 Å². The van der Waals surface area contributed by atoms with Crippen molar-refractivity contribution in [2.75, 3.05) is 13.2 Å². The van der Waals surface area contributed by atoms with Crippen LogP contribution in [0.2, 0.25) is 8.67 Å². The molecule has 0 spiro atoms. The van der Waals surface area contributed by atoms with Gasteiger partial charge in [-0.05, 0) is 37.2 Å². The maximum absolute atomic E-state index is 6.28. The minimum atomic E-state index is 0.0481. The van der Waals surface area contributed by atoms with Crippen molar-refractivity contribution in [2.24, 2.45) is 0 Å². The molecule has 0 radical (unpaired) electrons. The highest BCUT2D eigenvalue weighted by Gasteiger charge is 2.18. The van der Waals surface area contributed by atoms with Gasteiger partial charge in [-0.25, -0.2) is 0 Å². The van der Waals surface area contributed by atoms with Crippen LogP contribution in [0.4, 0.5) is 0 Å². The average Bonchev–Trinajstić information content (AvgIpc) is 2.76. The average molecular weight is 330 g/mol. The van der Waals surface area contributed by atoms with E-state index >= 15 is 0 Å². The summed E-state index contributed by atoms with van der Waals surface area (Å²) >= 11 is 13.7. The Bertz CT molecular complexity index is 554. The molecule has 0 saturated heterocycles. The Balaban J connectivity index is 2.30. The van der Waals surface area contributed by atoms with E-state index in [-0.39, 0.29) is 6.04 Å². The summed E-state index contributed by atoms with van der Waals surface area (Å²) in [6.45, 7) is 5.57. The van der Waals surface area contributed by atoms with Gasteiger partial charge in [-0.1, -0.05) is 42.3 Å². The van der Waals surface area contributed by atoms with Gasteiger partial charge in [0, 0.05) is 5.56 Å². The molecule has 20 heavy (non-hydrogen) atoms. The molecule has 1 heterocycles. The second-order valence-electron chi connectivity index (χ2n) is 4.27. The number of thiophene rings is 1. The molecule has 1 atom stereocenters. The van der Waals surface area contributed by atoms with Crippen LogP contribution in [0.1, 0.15) is 31.0 Å². The lowest BCUT2D eigenvalue weighted by molar-refractivity contribution is 0.340. The normalized spacial score (nSPS) is 12.4. The van der Waals surface area contributed by atoms with E-state index in [0.717, 1.165) is 27.8 Å². The van der Waals surface area contributed by atoms with Crippen molar-refractivity contribution < 1.29 is 4.74 Å². The predicted molar refractivity (Wildman–Crippen MR) is 87.5 cm³/mol. The van der Waals surface area contributed by atoms with Gasteiger partial charge in [0.1, 0.15) is 5.75 Å². The third kappa shape index (κ3) is 3.67. The van der Waals surface area contributed by atoms with E-state index in [1.54, 1.807) is 0 Å². The van der Waals surface area contributed by atoms with Gasteiger partial charge in [-0.15, -0.1) is 11.3 Å². The summed E-state index contributed by atoms with van der Waals surface area (Å²) in [4.78, 5) is 0. The summed E-state index contributed by atoms with van der Waals surface area (Å²) < 4.78 is 6.91. The SMILES string of the molecule is CCNC(c1ccc(OCC)cc1)c1cc(Cl)sc1Cl. The Morgan fingerprint density at radius 3 is 2.40 bits per heavy atom. The molecule has 0 amide bonds. The lowest BCUT2D eigenvalue weighted by Gasteiger charge is -2.18. The minimum absolute atomic E-state index is 0.0481. The van der Waals surface area contributed by atoms with Crippen molar-refractivity contribution in [3.05, 3.63) is 50.1 Å². The number of hydrogen-bond donors (Lipinski definition) is 1. The number of halogens is 2. The van der Waals surface area contributed by atoms with E-state index < -0.39 is 0 Å². The minimum Gasteiger partial charge on any atom is -0.494 e. The molecule has 1 aromatic carbocycles. The van der Waals surface area contributed by atoms with Crippen molar-refractivity contribution in [3.63, 3.8) is 0 Å². The lowest BCUT2D eigenvalue weighted by atomic mass is 10.0. The highest BCUT2D eigenvalue weighted by Crippen LogP contribution is 2.37. The Morgan fingerprint density at radius 1 is 1.20 bits per heavy atom. The molecule has 2 aromatic rings. The van der Waals surface area contributed by atoms with Crippen LogP contribution in [-0.4, -0.2) is 13.2 Å². The van der Waals surface area contributed by atoms with Crippen LogP contribution in [0.25, 0.3) is 0 Å². The zero-order valence-corrected chi connectivity index (χ0v) is 13.8. The van der Waals surface area contributed by atoms with Gasteiger partial charge in [0.05, 0.1) is 21.3 Å². The van der Waals surface area contributed by atoms with Crippen molar-refractivity contribution >= 4 is 34.5 Å². The number of ether oxygens (including phenoxy) is 1. The summed E-state index contributed by atoms with van der Waals surface area (Å²) in [6.07, 6.45) is 0. The third-order valence-corrected chi connectivity index (χ3v) is 4.44. The van der Waals surface area contributed by atoms with E-state index in [1.165, 1.54) is 11.3 Å². The molecule has 0 aliphatic heterocycles. The second kappa shape index (κ2) is 7.32. The van der Waals surface area contributed by atoms with Crippen molar-refractivity contribution in [2.45, 2.75) is 19.9 Å². The Hall–Kier alpha value is -0.740. The first-order valence-corrected chi connectivity index (χ1v) is 8.13. The maximum Gasteiger partial charge on any atom is 0.119 e. The van der Waals surface area contributed by atoms with Gasteiger partial charge >= 0.3 is 0 Å². The van der Waals surface area contributed by atoms with Crippen LogP contribution in [0.3, 0.4) is 0 Å². The third-order valence-electron chi connectivity index (χ3n) is 2.93. The van der Waals surface area contributed by atoms with Gasteiger partial charge in [-0.3, -0.25) is 0 Å². The molecule has 0 aliphatic carbocycles. The Kier molecular flexibility index (Phi) is 5.73. The first kappa shape index (κ1) is 15.6. The van der Waals surface area contributed by atoms with E-state index in [1.807, 2.05) is 25.1 Å². The van der Waals surface area contributed by atoms with Crippen LogP contribution < -0.4 is 10.1 Å². The maximum atomic E-state index is 6.28. The van der Waals surface area contributed by atoms with Gasteiger partial charge in [-0.2, -0.15) is 0 Å². The van der Waals surface area contributed by atoms with Crippen LogP contribution in [-0.2, 0) is 0 Å². The highest BCUT2D eigenvalue weighted by atomic mass is 35.5. The van der Waals surface area contributed by atoms with E-state index in [4.69, 9.17) is 27.9 Å². The van der Waals surface area contributed by atoms with Crippen LogP contribution in [0.15, 0.2) is 30.3 Å². The van der Waals surface area contributed by atoms with Gasteiger partial charge in [0.25, 0.3) is 0 Å². The van der Waals surface area contributed by atoms with Crippen molar-refractivity contribution in [1.82, 2.24) is 5.32 Å². The summed E-state index contributed by atoms with van der Waals surface area (Å²) in [5.74, 6) is 0.876. The molecule has 0 bridgehead atoms. The molecule has 1 unspecified atom stereocenters. The number of benzene rings is 1. The smallest absolute Gasteiger partial charge is 0.119 e. The van der Waals surface area contributed by atoms with E-state index in [0.29, 0.717) is 10.9 Å². The van der Waals surface area contributed by atoms with Gasteiger partial charge < -0.3 is 10.1 Å². The molecule has 2 nitrogen and oxygen atoms in total. The Morgan fingerprint density at radius 2 is 1.90 bits per heavy atom. The fourth-order valence-electron chi connectivity index (χ4n) is 2.08. The number of nitrogens with one attached hydrogen (secondary N) is 1. The largest absolute Gasteiger partial charge is 0.494 e. The summed E-state index contributed by atoms with van der Waals surface area (Å²) in [7, 11) is 0. The van der Waals surface area contributed by atoms with E-state index in [9.17, 15) is 0 Å². The number of rotatable bonds is 6. The molecule has 0 aliphatic rings. The molecule has 108 valence electrons. The monoisotopic (exact) mass is 329 g/mol. The first-order chi connectivity index (χ1) is 9.65. The molecule has 1 aromatic heterocycles. The Labute approximate surface area is 133 Å². The lowest BCUT2D eigenvalue weighted by Crippen LogP contribution is -2.21. The van der Waals surface area contributed by atoms with Gasteiger partial charge in [0.15, 0.2) is 0 Å². The summed E-state index contributed by atoms with van der Waals surface area (Å²) in [5, 5.41) is 3.44. The zero-order chi connectivity index (χ0) is 14.5. The molecule has 5 heteroatoms. The molecular formula is C15H17Cl2NOS. The second-order valence-corrected chi connectivity index (χ2v) is 6.56. The highest BCUT2D eigenvalue weighted by molar-refractivity contribution is 7.20. The fourth-order valence-corrected chi connectivity index (χ4v) is 3.62. The van der Waals surface area contributed by atoms with Crippen molar-refractivity contribution in [3.8, 4) is 5.75 Å². The molecule has 2 rings (SSSR count). The topological polar surface area (TPSA) is 21.3 Å². The summed E-state index contributed by atoms with van der Waals surface area (Å²) in [6, 6.07) is 10.0. The fraction of sp³-hybridized carbons (Fsp3) is 0.333. The molecular weight excluding hydrogens is 313 g/mol. The van der Waals surface area contributed by atoms with Crippen LogP contribution in [0, 0.1) is 0 Å². The molecule has 0 saturated carbocycles. The van der Waals surface area contributed by atoms with Crippen LogP contribution >= 0.6 is 34.5 Å². The predicted octanol–water partition coefficient (Wildman–Crippen LogP) is 5.15.